The molecule has 0 aromatic carbocycles. The Kier molecular flexibility index (Phi) is 11.7. The number of hydrogen-bond acceptors (Lipinski definition) is 6. The fourth-order valence-corrected chi connectivity index (χ4v) is 0.583. The second-order valence-electron chi connectivity index (χ2n) is 1.20. The second kappa shape index (κ2) is 8.94. The van der Waals surface area contributed by atoms with Gasteiger partial charge in [-0.15, -0.1) is 0 Å². The van der Waals surface area contributed by atoms with Crippen molar-refractivity contribution in [3.8, 4) is 0 Å². The molecule has 0 bridgehead atoms. The topological polar surface area (TPSA) is 18.5 Å². The van der Waals surface area contributed by atoms with Crippen molar-refractivity contribution in [2.75, 3.05) is 13.2 Å². The van der Waals surface area contributed by atoms with Gasteiger partial charge in [-0.1, -0.05) is 0 Å². The molecule has 11 heavy (non-hydrogen) atoms. The third kappa shape index (κ3) is 13.8. The van der Waals surface area contributed by atoms with E-state index < -0.39 is 0 Å². The molecule has 0 radical (unpaired) electrons. The van der Waals surface area contributed by atoms with E-state index in [-0.39, 0.29) is 28.2 Å². The Labute approximate surface area is 100.0 Å². The van der Waals surface area contributed by atoms with E-state index in [4.69, 9.17) is 9.47 Å². The standard InChI is InChI=1S/C4H6O2S4.Zn/c7-3(8)5-1-2-6-4(9)10;/h1-2H2,(H,7,8)(H,9,10);/q;+2/p-2. The zero-order valence-corrected chi connectivity index (χ0v) is 11.8. The maximum atomic E-state index is 4.71. The molecule has 0 aromatic heterocycles. The van der Waals surface area contributed by atoms with Crippen molar-refractivity contribution >= 4 is 58.5 Å². The van der Waals surface area contributed by atoms with Crippen LogP contribution in [0.5, 0.6) is 0 Å². The summed E-state index contributed by atoms with van der Waals surface area (Å²) in [5, 5.41) is 0. The van der Waals surface area contributed by atoms with Crippen LogP contribution in [0.15, 0.2) is 0 Å². The molecule has 0 spiro atoms. The molecule has 0 fully saturated rings. The summed E-state index contributed by atoms with van der Waals surface area (Å²) in [6, 6.07) is 0. The van der Waals surface area contributed by atoms with Crippen molar-refractivity contribution in [3.63, 3.8) is 0 Å². The van der Waals surface area contributed by atoms with Crippen molar-refractivity contribution in [3.05, 3.63) is 0 Å². The zero-order chi connectivity index (χ0) is 7.98. The predicted molar refractivity (Wildman–Crippen MR) is 51.8 cm³/mol. The molecule has 7 heteroatoms. The third-order valence-corrected chi connectivity index (χ3v) is 0.995. The summed E-state index contributed by atoms with van der Waals surface area (Å²) in [6.07, 6.45) is 0. The molecule has 0 N–H and O–H groups in total. The van der Waals surface area contributed by atoms with E-state index in [9.17, 15) is 0 Å². The normalized spacial score (nSPS) is 7.64. The minimum Gasteiger partial charge on any atom is -0.510 e. The molecule has 0 aliphatic rings. The van der Waals surface area contributed by atoms with Gasteiger partial charge in [-0.3, -0.25) is 0 Å². The van der Waals surface area contributed by atoms with Crippen LogP contribution < -0.4 is 0 Å². The van der Waals surface area contributed by atoms with Crippen LogP contribution in [-0.4, -0.2) is 22.0 Å². The van der Waals surface area contributed by atoms with Crippen molar-refractivity contribution in [1.82, 2.24) is 0 Å². The number of ether oxygens (including phenoxy) is 2. The minimum atomic E-state index is 0. The quantitative estimate of drug-likeness (QED) is 0.325. The molecule has 0 amide bonds. The Morgan fingerprint density at radius 3 is 1.45 bits per heavy atom. The van der Waals surface area contributed by atoms with E-state index in [1.165, 1.54) is 0 Å². The number of thiocarbonyl (C=S) groups is 2. The number of hydrogen-bond donors (Lipinski definition) is 0. The van der Waals surface area contributed by atoms with Gasteiger partial charge in [-0.05, 0) is 0 Å². The molecule has 0 rings (SSSR count). The summed E-state index contributed by atoms with van der Waals surface area (Å²) >= 11 is 17.8. The van der Waals surface area contributed by atoms with Gasteiger partial charge in [0, 0.05) is 8.77 Å². The molecule has 0 saturated carbocycles. The van der Waals surface area contributed by atoms with Crippen molar-refractivity contribution in [2.45, 2.75) is 0 Å². The molecule has 0 aromatic rings. The SMILES string of the molecule is S=C([S-])OCCOC(=S)[S-].[Zn+2]. The van der Waals surface area contributed by atoms with Gasteiger partial charge in [0.25, 0.3) is 0 Å². The van der Waals surface area contributed by atoms with Crippen molar-refractivity contribution < 1.29 is 29.0 Å². The van der Waals surface area contributed by atoms with Crippen molar-refractivity contribution in [2.24, 2.45) is 0 Å². The van der Waals surface area contributed by atoms with Gasteiger partial charge in [-0.2, -0.15) is 0 Å². The first-order valence-corrected chi connectivity index (χ1v) is 3.94. The van der Waals surface area contributed by atoms with E-state index in [0.29, 0.717) is 13.2 Å². The average Bonchev–Trinajstić information content (AvgIpc) is 1.79. The average molecular weight is 278 g/mol. The zero-order valence-electron chi connectivity index (χ0n) is 5.57. The van der Waals surface area contributed by atoms with Crippen LogP contribution >= 0.6 is 24.4 Å². The monoisotopic (exact) mass is 276 g/mol. The van der Waals surface area contributed by atoms with Crippen molar-refractivity contribution in [1.29, 1.82) is 0 Å². The van der Waals surface area contributed by atoms with Crippen LogP contribution in [0.25, 0.3) is 0 Å². The molecule has 0 unspecified atom stereocenters. The molecular formula is C4H4O2S4Zn. The van der Waals surface area contributed by atoms with Gasteiger partial charge in [0.1, 0.15) is 13.2 Å². The summed E-state index contributed by atoms with van der Waals surface area (Å²) in [5.41, 5.74) is 0. The first-order chi connectivity index (χ1) is 4.63. The van der Waals surface area contributed by atoms with Crippen LogP contribution in [0.1, 0.15) is 0 Å². The fraction of sp³-hybridized carbons (Fsp3) is 0.500. The molecule has 58 valence electrons. The van der Waals surface area contributed by atoms with Gasteiger partial charge in [0.2, 0.25) is 0 Å². The Bertz CT molecular complexity index is 124. The Morgan fingerprint density at radius 2 is 1.27 bits per heavy atom. The maximum Gasteiger partial charge on any atom is 2.00 e. The fourth-order valence-electron chi connectivity index (χ4n) is 0.250. The molecule has 0 aliphatic heterocycles. The van der Waals surface area contributed by atoms with Crippen LogP contribution in [0, 0.1) is 0 Å². The van der Waals surface area contributed by atoms with Gasteiger partial charge >= 0.3 is 19.5 Å². The molecule has 0 saturated heterocycles. The van der Waals surface area contributed by atoms with Crippen LogP contribution in [0.2, 0.25) is 0 Å². The first kappa shape index (κ1) is 14.4. The second-order valence-corrected chi connectivity index (χ2v) is 3.20. The molecule has 0 aliphatic carbocycles. The van der Waals surface area contributed by atoms with Gasteiger partial charge in [0.05, 0.1) is 0 Å². The Morgan fingerprint density at radius 1 is 1.00 bits per heavy atom. The summed E-state index contributed by atoms with van der Waals surface area (Å²) in [7, 11) is 0. The maximum absolute atomic E-state index is 4.71. The van der Waals surface area contributed by atoms with E-state index in [0.717, 1.165) is 0 Å². The third-order valence-electron chi connectivity index (χ3n) is 0.523. The molecule has 2 nitrogen and oxygen atoms in total. The Balaban J connectivity index is 0. The van der Waals surface area contributed by atoms with Crippen LogP contribution in [0.3, 0.4) is 0 Å². The first-order valence-electron chi connectivity index (χ1n) is 2.30. The smallest absolute Gasteiger partial charge is 0.510 e. The summed E-state index contributed by atoms with van der Waals surface area (Å²) in [5.74, 6) is 0. The molecular weight excluding hydrogens is 274 g/mol. The molecule has 0 atom stereocenters. The minimum absolute atomic E-state index is 0. The van der Waals surface area contributed by atoms with E-state index in [2.05, 4.69) is 49.7 Å². The summed E-state index contributed by atoms with van der Waals surface area (Å²) in [4.78, 5) is 0. The van der Waals surface area contributed by atoms with Crippen LogP contribution in [-0.2, 0) is 54.2 Å². The van der Waals surface area contributed by atoms with E-state index >= 15 is 0 Å². The van der Waals surface area contributed by atoms with Gasteiger partial charge in [-0.25, -0.2) is 0 Å². The number of rotatable bonds is 3. The van der Waals surface area contributed by atoms with Crippen LogP contribution in [0.4, 0.5) is 0 Å². The summed E-state index contributed by atoms with van der Waals surface area (Å²) < 4.78 is 9.58. The van der Waals surface area contributed by atoms with E-state index in [1.54, 1.807) is 0 Å². The van der Waals surface area contributed by atoms with E-state index in [1.807, 2.05) is 0 Å². The predicted octanol–water partition coefficient (Wildman–Crippen LogP) is 0.681. The Hall–Kier alpha value is 0.843. The van der Waals surface area contributed by atoms with Gasteiger partial charge < -0.3 is 59.2 Å². The summed E-state index contributed by atoms with van der Waals surface area (Å²) in [6.45, 7) is 0.609. The van der Waals surface area contributed by atoms with Gasteiger partial charge in [0.15, 0.2) is 0 Å². The largest absolute Gasteiger partial charge is 2.00 e. The molecule has 0 heterocycles.